The fraction of sp³-hybridized carbons (Fsp3) is 0.548. The van der Waals surface area contributed by atoms with E-state index in [4.69, 9.17) is 32.7 Å². The Hall–Kier alpha value is -2.73. The summed E-state index contributed by atoms with van der Waals surface area (Å²) in [7, 11) is 0.936. The van der Waals surface area contributed by atoms with Crippen molar-refractivity contribution in [1.29, 1.82) is 0 Å². The minimum absolute atomic E-state index is 0.0271. The summed E-state index contributed by atoms with van der Waals surface area (Å²) in [5.74, 6) is -1.51. The number of alkyl halides is 5. The lowest BCUT2D eigenvalue weighted by Gasteiger charge is -2.52. The molecule has 4 unspecified atom stereocenters. The first-order valence-electron chi connectivity index (χ1n) is 14.4. The molecule has 0 spiro atoms. The number of hydrogen-bond acceptors (Lipinski definition) is 8. The van der Waals surface area contributed by atoms with Crippen molar-refractivity contribution in [2.45, 2.75) is 73.6 Å². The summed E-state index contributed by atoms with van der Waals surface area (Å²) in [5.41, 5.74) is -0.247. The van der Waals surface area contributed by atoms with Gasteiger partial charge in [0.1, 0.15) is 23.5 Å². The monoisotopic (exact) mass is 662 g/mol. The van der Waals surface area contributed by atoms with E-state index < -0.39 is 46.6 Å². The molecule has 2 aliphatic rings. The van der Waals surface area contributed by atoms with Crippen LogP contribution in [0.4, 0.5) is 13.2 Å². The number of nitrogens with one attached hydrogen (secondary N) is 1. The van der Waals surface area contributed by atoms with E-state index in [0.29, 0.717) is 25.3 Å². The number of nitrogens with zero attached hydrogens (tertiary/aromatic N) is 1. The average Bonchev–Trinajstić information content (AvgIpc) is 2.99. The molecule has 44 heavy (non-hydrogen) atoms. The van der Waals surface area contributed by atoms with Crippen LogP contribution in [-0.4, -0.2) is 83.6 Å². The second-order valence-electron chi connectivity index (χ2n) is 10.8. The Morgan fingerprint density at radius 3 is 2.48 bits per heavy atom. The highest BCUT2D eigenvalue weighted by atomic mass is 35.5. The number of aliphatic hydroxyl groups is 1. The van der Waals surface area contributed by atoms with E-state index in [0.717, 1.165) is 31.3 Å². The second kappa shape index (κ2) is 16.0. The molecule has 0 saturated heterocycles. The van der Waals surface area contributed by atoms with Crippen molar-refractivity contribution >= 4 is 35.1 Å². The van der Waals surface area contributed by atoms with E-state index in [-0.39, 0.29) is 30.9 Å². The van der Waals surface area contributed by atoms with E-state index in [1.54, 1.807) is 12.2 Å². The van der Waals surface area contributed by atoms with Crippen molar-refractivity contribution < 1.29 is 42.1 Å². The molecule has 1 aromatic rings. The molecule has 3 rings (SSSR count). The van der Waals surface area contributed by atoms with Crippen LogP contribution in [0.5, 0.6) is 5.75 Å². The normalized spacial score (nSPS) is 24.3. The first-order valence-corrected chi connectivity index (χ1v) is 15.2. The van der Waals surface area contributed by atoms with Crippen LogP contribution < -0.4 is 10.1 Å². The Morgan fingerprint density at radius 2 is 1.84 bits per heavy atom. The standard InChI is InChI=1S/C31H39Cl2F3N2O6/c1-22-25(19-30(33,28(41)42-2)27(31(34,35)36)38(22)29(32)15-9-6-10-16-29)26(40)43-18-12-4-3-11-17-37-20-23(39)21-44-24-13-7-5-8-14-24/h5-10,13-15,23,27,37,39H,3-4,11-12,16-21H2,1-2H3. The van der Waals surface area contributed by atoms with Crippen molar-refractivity contribution in [1.82, 2.24) is 10.2 Å². The number of rotatable bonds is 15. The van der Waals surface area contributed by atoms with Gasteiger partial charge < -0.3 is 29.5 Å². The maximum Gasteiger partial charge on any atom is 0.411 e. The molecule has 0 bridgehead atoms. The molecule has 8 nitrogen and oxygen atoms in total. The first kappa shape index (κ1) is 35.7. The summed E-state index contributed by atoms with van der Waals surface area (Å²) >= 11 is 13.2. The quantitative estimate of drug-likeness (QED) is 0.108. The number of halogens is 5. The zero-order valence-corrected chi connectivity index (χ0v) is 26.3. The van der Waals surface area contributed by atoms with Crippen LogP contribution in [0.25, 0.3) is 0 Å². The van der Waals surface area contributed by atoms with Gasteiger partial charge in [0.05, 0.1) is 19.3 Å². The fourth-order valence-electron chi connectivity index (χ4n) is 5.25. The van der Waals surface area contributed by atoms with Gasteiger partial charge in [-0.05, 0) is 44.5 Å². The lowest BCUT2D eigenvalue weighted by Crippen LogP contribution is -2.67. The topological polar surface area (TPSA) is 97.3 Å². The number of benzene rings is 1. The molecule has 0 aromatic heterocycles. The van der Waals surface area contributed by atoms with Crippen LogP contribution >= 0.6 is 23.2 Å². The number of para-hydroxylation sites is 1. The van der Waals surface area contributed by atoms with Gasteiger partial charge in [-0.1, -0.05) is 60.9 Å². The maximum absolute atomic E-state index is 14.6. The Morgan fingerprint density at radius 1 is 1.14 bits per heavy atom. The van der Waals surface area contributed by atoms with Crippen LogP contribution in [0.1, 0.15) is 45.4 Å². The number of carbonyl (C=O) groups excluding carboxylic acids is 2. The Balaban J connectivity index is 1.52. The van der Waals surface area contributed by atoms with Gasteiger partial charge in [-0.3, -0.25) is 4.79 Å². The molecule has 2 N–H and O–H groups in total. The smallest absolute Gasteiger partial charge is 0.411 e. The van der Waals surface area contributed by atoms with Gasteiger partial charge in [-0.25, -0.2) is 4.79 Å². The summed E-state index contributed by atoms with van der Waals surface area (Å²) < 4.78 is 59.3. The van der Waals surface area contributed by atoms with Gasteiger partial charge in [-0.2, -0.15) is 13.2 Å². The number of aliphatic hydroxyl groups excluding tert-OH is 1. The Kier molecular flexibility index (Phi) is 13.0. The number of ether oxygens (including phenoxy) is 3. The largest absolute Gasteiger partial charge is 0.491 e. The first-order chi connectivity index (χ1) is 20.8. The van der Waals surface area contributed by atoms with Crippen molar-refractivity contribution in [3.63, 3.8) is 0 Å². The van der Waals surface area contributed by atoms with Gasteiger partial charge in [0.25, 0.3) is 0 Å². The van der Waals surface area contributed by atoms with Crippen molar-refractivity contribution in [3.05, 3.63) is 65.9 Å². The fourth-order valence-corrected chi connectivity index (χ4v) is 6.07. The van der Waals surface area contributed by atoms with E-state index in [1.807, 2.05) is 30.3 Å². The van der Waals surface area contributed by atoms with Gasteiger partial charge in [0.2, 0.25) is 0 Å². The number of hydrogen-bond donors (Lipinski definition) is 2. The lowest BCUT2D eigenvalue weighted by molar-refractivity contribution is -0.204. The van der Waals surface area contributed by atoms with Crippen LogP contribution in [0.15, 0.2) is 65.9 Å². The summed E-state index contributed by atoms with van der Waals surface area (Å²) in [6.45, 7) is 2.62. The van der Waals surface area contributed by atoms with Gasteiger partial charge in [0.15, 0.2) is 10.9 Å². The van der Waals surface area contributed by atoms with Crippen molar-refractivity contribution in [2.24, 2.45) is 0 Å². The Bertz CT molecular complexity index is 1210. The van der Waals surface area contributed by atoms with Gasteiger partial charge in [0, 0.05) is 25.1 Å². The highest BCUT2D eigenvalue weighted by Crippen LogP contribution is 2.51. The number of esters is 2. The number of carbonyl (C=O) groups is 2. The Labute approximate surface area is 265 Å². The lowest BCUT2D eigenvalue weighted by atomic mass is 9.82. The molecule has 1 heterocycles. The molecular formula is C31H39Cl2F3N2O6. The third-order valence-corrected chi connectivity index (χ3v) is 8.41. The van der Waals surface area contributed by atoms with Crippen LogP contribution in [0, 0.1) is 0 Å². The second-order valence-corrected chi connectivity index (χ2v) is 12.1. The van der Waals surface area contributed by atoms with E-state index in [9.17, 15) is 27.9 Å². The highest BCUT2D eigenvalue weighted by Gasteiger charge is 2.66. The molecule has 1 aliphatic heterocycles. The average molecular weight is 664 g/mol. The minimum Gasteiger partial charge on any atom is -0.491 e. The molecule has 0 fully saturated rings. The molecule has 0 amide bonds. The molecule has 0 saturated carbocycles. The third-order valence-electron chi connectivity index (χ3n) is 7.45. The summed E-state index contributed by atoms with van der Waals surface area (Å²) in [6, 6.07) is 6.66. The van der Waals surface area contributed by atoms with Crippen LogP contribution in [0.3, 0.4) is 0 Å². The number of unbranched alkanes of at least 4 members (excludes halogenated alkanes) is 3. The van der Waals surface area contributed by atoms with Gasteiger partial charge in [-0.15, -0.1) is 11.6 Å². The van der Waals surface area contributed by atoms with E-state index >= 15 is 0 Å². The molecule has 1 aliphatic carbocycles. The third kappa shape index (κ3) is 9.15. The number of methoxy groups -OCH3 is 1. The summed E-state index contributed by atoms with van der Waals surface area (Å²) in [6.07, 6.45) is 2.58. The van der Waals surface area contributed by atoms with Crippen molar-refractivity contribution in [2.75, 3.05) is 33.4 Å². The molecule has 1 aromatic carbocycles. The zero-order valence-electron chi connectivity index (χ0n) is 24.7. The maximum atomic E-state index is 14.6. The minimum atomic E-state index is -4.99. The predicted molar refractivity (Wildman–Crippen MR) is 161 cm³/mol. The SMILES string of the molecule is COC(=O)C1(Cl)CC(C(=O)OCCCCCCNCC(O)COc2ccccc2)=C(C)N(C2(Cl)C=CC=CC2)C1C(F)(F)F. The van der Waals surface area contributed by atoms with E-state index in [2.05, 4.69) is 10.1 Å². The molecule has 13 heteroatoms. The summed E-state index contributed by atoms with van der Waals surface area (Å²) in [4.78, 5) is 22.3. The van der Waals surface area contributed by atoms with Crippen LogP contribution in [0.2, 0.25) is 0 Å². The van der Waals surface area contributed by atoms with Crippen molar-refractivity contribution in [3.8, 4) is 5.75 Å². The predicted octanol–water partition coefficient (Wildman–Crippen LogP) is 5.63. The summed E-state index contributed by atoms with van der Waals surface area (Å²) in [5, 5.41) is 13.2. The molecule has 4 atom stereocenters. The molecule has 244 valence electrons. The van der Waals surface area contributed by atoms with Crippen LogP contribution in [-0.2, 0) is 19.1 Å². The molecule has 0 radical (unpaired) electrons. The molecular weight excluding hydrogens is 624 g/mol. The zero-order chi connectivity index (χ0) is 32.4. The van der Waals surface area contributed by atoms with E-state index in [1.165, 1.54) is 19.1 Å². The number of allylic oxidation sites excluding steroid dienone is 3. The van der Waals surface area contributed by atoms with Gasteiger partial charge >= 0.3 is 18.1 Å². The highest BCUT2D eigenvalue weighted by molar-refractivity contribution is 6.35.